The van der Waals surface area contributed by atoms with Crippen LogP contribution in [0.3, 0.4) is 0 Å². The molecule has 0 spiro atoms. The van der Waals surface area contributed by atoms with E-state index in [0.717, 1.165) is 17.5 Å². The van der Waals surface area contributed by atoms with Crippen LogP contribution >= 0.6 is 0 Å². The minimum atomic E-state index is -0.161. The number of aryl methyl sites for hydroxylation is 1. The predicted octanol–water partition coefficient (Wildman–Crippen LogP) is 1.46. The number of carbonyl (C=O) groups excluding carboxylic acids is 1. The van der Waals surface area contributed by atoms with Gasteiger partial charge in [0.05, 0.1) is 17.5 Å². The number of nitrogens with zero attached hydrogens (tertiary/aromatic N) is 5. The van der Waals surface area contributed by atoms with E-state index in [1.165, 1.54) is 4.68 Å². The number of hydrogen-bond donors (Lipinski definition) is 0. The zero-order valence-electron chi connectivity index (χ0n) is 16.5. The van der Waals surface area contributed by atoms with Gasteiger partial charge in [0.2, 0.25) is 5.91 Å². The van der Waals surface area contributed by atoms with Crippen molar-refractivity contribution in [2.45, 2.75) is 13.0 Å². The summed E-state index contributed by atoms with van der Waals surface area (Å²) >= 11 is 0. The van der Waals surface area contributed by atoms with E-state index in [4.69, 9.17) is 0 Å². The second kappa shape index (κ2) is 8.75. The van der Waals surface area contributed by atoms with E-state index in [1.54, 1.807) is 25.5 Å². The van der Waals surface area contributed by atoms with Crippen LogP contribution in [0.25, 0.3) is 10.8 Å². The second-order valence-corrected chi connectivity index (χ2v) is 7.08. The molecule has 146 valence electrons. The molecule has 0 aliphatic heterocycles. The largest absolute Gasteiger partial charge is 0.337 e. The van der Waals surface area contributed by atoms with Gasteiger partial charge in [0.25, 0.3) is 5.56 Å². The molecule has 0 aliphatic carbocycles. The highest BCUT2D eigenvalue weighted by atomic mass is 16.2. The Bertz CT molecular complexity index is 1010. The SMILES string of the molecule is CN(C)CCN(Cc1cccnc1)C(=O)Cc1nn(C)c(=O)c2ccccc12. The van der Waals surface area contributed by atoms with Crippen molar-refractivity contribution in [3.63, 3.8) is 0 Å². The molecule has 0 saturated carbocycles. The first-order chi connectivity index (χ1) is 13.5. The number of hydrogen-bond acceptors (Lipinski definition) is 5. The number of pyridine rings is 1. The van der Waals surface area contributed by atoms with Crippen molar-refractivity contribution in [1.82, 2.24) is 24.6 Å². The van der Waals surface area contributed by atoms with Gasteiger partial charge in [-0.25, -0.2) is 4.68 Å². The Labute approximate surface area is 164 Å². The molecule has 2 aromatic heterocycles. The lowest BCUT2D eigenvalue weighted by Crippen LogP contribution is -2.37. The lowest BCUT2D eigenvalue weighted by Gasteiger charge is -2.24. The molecule has 7 nitrogen and oxygen atoms in total. The van der Waals surface area contributed by atoms with Crippen molar-refractivity contribution < 1.29 is 4.79 Å². The Morgan fingerprint density at radius 2 is 1.82 bits per heavy atom. The molecule has 0 aliphatic rings. The van der Waals surface area contributed by atoms with Crippen LogP contribution < -0.4 is 5.56 Å². The van der Waals surface area contributed by atoms with Gasteiger partial charge in [-0.3, -0.25) is 14.6 Å². The minimum Gasteiger partial charge on any atom is -0.337 e. The molecular formula is C21H25N5O2. The van der Waals surface area contributed by atoms with Crippen LogP contribution in [0.1, 0.15) is 11.3 Å². The van der Waals surface area contributed by atoms with Crippen molar-refractivity contribution >= 4 is 16.7 Å². The van der Waals surface area contributed by atoms with Gasteiger partial charge in [-0.15, -0.1) is 0 Å². The first-order valence-electron chi connectivity index (χ1n) is 9.22. The summed E-state index contributed by atoms with van der Waals surface area (Å²) in [6.45, 7) is 1.85. The van der Waals surface area contributed by atoms with Gasteiger partial charge in [0.1, 0.15) is 0 Å². The van der Waals surface area contributed by atoms with Gasteiger partial charge in [-0.1, -0.05) is 24.3 Å². The zero-order chi connectivity index (χ0) is 20.1. The number of aromatic nitrogens is 3. The molecule has 0 radical (unpaired) electrons. The summed E-state index contributed by atoms with van der Waals surface area (Å²) in [5.74, 6) is -0.0259. The smallest absolute Gasteiger partial charge is 0.274 e. The Balaban J connectivity index is 1.88. The van der Waals surface area contributed by atoms with Gasteiger partial charge in [0.15, 0.2) is 0 Å². The van der Waals surface area contributed by atoms with E-state index in [9.17, 15) is 9.59 Å². The summed E-state index contributed by atoms with van der Waals surface area (Å²) in [5.41, 5.74) is 1.43. The van der Waals surface area contributed by atoms with Gasteiger partial charge in [0, 0.05) is 44.5 Å². The van der Waals surface area contributed by atoms with Crippen molar-refractivity contribution in [3.05, 3.63) is 70.4 Å². The predicted molar refractivity (Wildman–Crippen MR) is 109 cm³/mol. The summed E-state index contributed by atoms with van der Waals surface area (Å²) in [7, 11) is 5.58. The van der Waals surface area contributed by atoms with E-state index in [2.05, 4.69) is 10.1 Å². The molecule has 0 bridgehead atoms. The van der Waals surface area contributed by atoms with Crippen molar-refractivity contribution in [2.24, 2.45) is 7.05 Å². The standard InChI is InChI=1S/C21H25N5O2/c1-24(2)11-12-26(15-16-7-6-10-22-14-16)20(27)13-19-17-8-4-5-9-18(17)21(28)25(3)23-19/h4-10,14H,11-13,15H2,1-3H3. The maximum Gasteiger partial charge on any atom is 0.274 e. The highest BCUT2D eigenvalue weighted by molar-refractivity contribution is 5.88. The first-order valence-corrected chi connectivity index (χ1v) is 9.22. The van der Waals surface area contributed by atoms with Crippen LogP contribution in [-0.2, 0) is 24.8 Å². The van der Waals surface area contributed by atoms with Gasteiger partial charge >= 0.3 is 0 Å². The van der Waals surface area contributed by atoms with Crippen LogP contribution in [0.5, 0.6) is 0 Å². The Kier molecular flexibility index (Phi) is 6.16. The lowest BCUT2D eigenvalue weighted by atomic mass is 10.1. The third-order valence-corrected chi connectivity index (χ3v) is 4.62. The summed E-state index contributed by atoms with van der Waals surface area (Å²) in [6, 6.07) is 11.1. The number of amides is 1. The summed E-state index contributed by atoms with van der Waals surface area (Å²) < 4.78 is 1.30. The fourth-order valence-corrected chi connectivity index (χ4v) is 3.09. The Morgan fingerprint density at radius 1 is 1.07 bits per heavy atom. The average molecular weight is 379 g/mol. The maximum atomic E-state index is 13.1. The molecule has 0 saturated heterocycles. The van der Waals surface area contributed by atoms with Gasteiger partial charge in [-0.2, -0.15) is 5.10 Å². The molecule has 0 N–H and O–H groups in total. The normalized spacial score (nSPS) is 11.1. The number of fused-ring (bicyclic) bond motifs is 1. The highest BCUT2D eigenvalue weighted by Crippen LogP contribution is 2.15. The number of rotatable bonds is 7. The summed E-state index contributed by atoms with van der Waals surface area (Å²) in [5, 5.41) is 5.67. The molecule has 0 atom stereocenters. The Hall–Kier alpha value is -3.06. The topological polar surface area (TPSA) is 71.3 Å². The quantitative estimate of drug-likeness (QED) is 0.622. The number of likely N-dealkylation sites (N-methyl/N-ethyl adjacent to an activating group) is 1. The molecule has 0 fully saturated rings. The highest BCUT2D eigenvalue weighted by Gasteiger charge is 2.18. The summed E-state index contributed by atoms with van der Waals surface area (Å²) in [4.78, 5) is 33.4. The minimum absolute atomic E-state index is 0.0259. The lowest BCUT2D eigenvalue weighted by molar-refractivity contribution is -0.131. The van der Waals surface area contributed by atoms with Crippen molar-refractivity contribution in [2.75, 3.05) is 27.2 Å². The van der Waals surface area contributed by atoms with E-state index in [0.29, 0.717) is 24.2 Å². The van der Waals surface area contributed by atoms with E-state index in [1.807, 2.05) is 54.2 Å². The zero-order valence-corrected chi connectivity index (χ0v) is 16.5. The molecule has 3 rings (SSSR count). The van der Waals surface area contributed by atoms with E-state index < -0.39 is 0 Å². The summed E-state index contributed by atoms with van der Waals surface area (Å²) in [6.07, 6.45) is 3.63. The van der Waals surface area contributed by atoms with Crippen LogP contribution in [-0.4, -0.2) is 57.7 Å². The van der Waals surface area contributed by atoms with Crippen molar-refractivity contribution in [3.8, 4) is 0 Å². The van der Waals surface area contributed by atoms with Crippen LogP contribution in [0, 0.1) is 0 Å². The van der Waals surface area contributed by atoms with Crippen LogP contribution in [0.2, 0.25) is 0 Å². The number of benzene rings is 1. The van der Waals surface area contributed by atoms with E-state index >= 15 is 0 Å². The van der Waals surface area contributed by atoms with E-state index in [-0.39, 0.29) is 17.9 Å². The molecule has 3 aromatic rings. The molecule has 28 heavy (non-hydrogen) atoms. The van der Waals surface area contributed by atoms with Gasteiger partial charge < -0.3 is 9.80 Å². The first kappa shape index (κ1) is 19.7. The maximum absolute atomic E-state index is 13.1. The average Bonchev–Trinajstić information content (AvgIpc) is 2.69. The molecular weight excluding hydrogens is 354 g/mol. The second-order valence-electron chi connectivity index (χ2n) is 7.08. The third kappa shape index (κ3) is 4.61. The molecule has 1 amide bonds. The van der Waals surface area contributed by atoms with Gasteiger partial charge in [-0.05, 0) is 31.8 Å². The monoisotopic (exact) mass is 379 g/mol. The third-order valence-electron chi connectivity index (χ3n) is 4.62. The Morgan fingerprint density at radius 3 is 2.50 bits per heavy atom. The van der Waals surface area contributed by atoms with Crippen molar-refractivity contribution in [1.29, 1.82) is 0 Å². The van der Waals surface area contributed by atoms with Crippen LogP contribution in [0.15, 0.2) is 53.6 Å². The fraction of sp³-hybridized carbons (Fsp3) is 0.333. The molecule has 0 unspecified atom stereocenters. The fourth-order valence-electron chi connectivity index (χ4n) is 3.09. The molecule has 2 heterocycles. The molecule has 1 aromatic carbocycles. The van der Waals surface area contributed by atoms with Crippen LogP contribution in [0.4, 0.5) is 0 Å². The molecule has 7 heteroatoms. The number of carbonyl (C=O) groups is 1.